The van der Waals surface area contributed by atoms with Crippen molar-refractivity contribution in [3.8, 4) is 0 Å². The van der Waals surface area contributed by atoms with E-state index in [2.05, 4.69) is 10.1 Å². The Morgan fingerprint density at radius 1 is 1.21 bits per heavy atom. The third kappa shape index (κ3) is 1.87. The zero-order valence-corrected chi connectivity index (χ0v) is 10.0. The molecule has 1 aliphatic carbocycles. The van der Waals surface area contributed by atoms with Crippen molar-refractivity contribution in [2.24, 2.45) is 10.9 Å². The molecule has 2 aromatic rings. The number of benzene rings is 1. The van der Waals surface area contributed by atoms with Gasteiger partial charge in [-0.3, -0.25) is 0 Å². The first-order chi connectivity index (χ1) is 9.00. The summed E-state index contributed by atoms with van der Waals surface area (Å²) in [6, 6.07) is 3.75. The minimum absolute atomic E-state index is 0.616. The number of hydrazone groups is 1. The van der Waals surface area contributed by atoms with Gasteiger partial charge in [-0.1, -0.05) is 0 Å². The third-order valence-corrected chi connectivity index (χ3v) is 3.52. The lowest BCUT2D eigenvalue weighted by molar-refractivity contribution is -0.137. The lowest BCUT2D eigenvalue weighted by Crippen LogP contribution is -2.13. The summed E-state index contributed by atoms with van der Waals surface area (Å²) in [4.78, 5) is 3.12. The van der Waals surface area contributed by atoms with Crippen LogP contribution in [0.2, 0.25) is 0 Å². The van der Waals surface area contributed by atoms with Crippen molar-refractivity contribution in [3.05, 3.63) is 35.0 Å². The van der Waals surface area contributed by atoms with Crippen molar-refractivity contribution in [2.75, 3.05) is 0 Å². The summed E-state index contributed by atoms with van der Waals surface area (Å²) in [6.07, 6.45) is -1.97. The summed E-state index contributed by atoms with van der Waals surface area (Å²) in [7, 11) is 0. The molecule has 0 aliphatic heterocycles. The Kier molecular flexibility index (Phi) is 2.55. The monoisotopic (exact) mass is 267 g/mol. The zero-order chi connectivity index (χ0) is 13.6. The van der Waals surface area contributed by atoms with Crippen LogP contribution in [0.4, 0.5) is 13.2 Å². The van der Waals surface area contributed by atoms with Crippen LogP contribution in [0.1, 0.15) is 29.7 Å². The number of nitrogens with one attached hydrogen (secondary N) is 1. The Bertz CT molecular complexity index is 668. The van der Waals surface area contributed by atoms with E-state index >= 15 is 0 Å². The summed E-state index contributed by atoms with van der Waals surface area (Å²) in [5, 5.41) is 4.33. The van der Waals surface area contributed by atoms with Crippen LogP contribution in [0, 0.1) is 0 Å². The van der Waals surface area contributed by atoms with Gasteiger partial charge < -0.3 is 10.8 Å². The largest absolute Gasteiger partial charge is 0.416 e. The van der Waals surface area contributed by atoms with E-state index in [0.717, 1.165) is 42.3 Å². The Hall–Kier alpha value is -1.98. The molecule has 1 heterocycles. The van der Waals surface area contributed by atoms with E-state index in [4.69, 9.17) is 5.84 Å². The number of alkyl halides is 3. The summed E-state index contributed by atoms with van der Waals surface area (Å²) in [5.74, 6) is 5.33. The molecule has 1 aliphatic rings. The fourth-order valence-electron chi connectivity index (χ4n) is 2.62. The number of H-pyrrole nitrogens is 1. The van der Waals surface area contributed by atoms with Gasteiger partial charge in [-0.05, 0) is 43.0 Å². The molecule has 3 nitrogen and oxygen atoms in total. The quantitative estimate of drug-likeness (QED) is 0.559. The molecule has 3 N–H and O–H groups in total. The topological polar surface area (TPSA) is 54.2 Å². The second kappa shape index (κ2) is 4.01. The van der Waals surface area contributed by atoms with Crippen molar-refractivity contribution in [3.63, 3.8) is 0 Å². The third-order valence-electron chi connectivity index (χ3n) is 3.52. The van der Waals surface area contributed by atoms with Gasteiger partial charge in [0.1, 0.15) is 0 Å². The maximum absolute atomic E-state index is 12.7. The molecule has 1 aromatic heterocycles. The number of aromatic nitrogens is 1. The smallest absolute Gasteiger partial charge is 0.353 e. The van der Waals surface area contributed by atoms with Crippen molar-refractivity contribution in [1.82, 2.24) is 4.98 Å². The SMILES string of the molecule is N/N=C1\CCCc2c1[nH]c1ccc(C(F)(F)F)cc21. The number of nitrogens with zero attached hydrogens (tertiary/aromatic N) is 1. The van der Waals surface area contributed by atoms with E-state index < -0.39 is 11.7 Å². The van der Waals surface area contributed by atoms with Crippen LogP contribution in [0.5, 0.6) is 0 Å². The molecule has 6 heteroatoms. The van der Waals surface area contributed by atoms with Crippen molar-refractivity contribution in [2.45, 2.75) is 25.4 Å². The standard InChI is InChI=1S/C13H12F3N3/c14-13(15,16)7-4-5-10-9(6-7)8-2-1-3-11(19-17)12(8)18-10/h4-6,18H,1-3,17H2/b19-11+. The first-order valence-electron chi connectivity index (χ1n) is 5.99. The highest BCUT2D eigenvalue weighted by molar-refractivity contribution is 6.06. The predicted octanol–water partition coefficient (Wildman–Crippen LogP) is 3.19. The second-order valence-electron chi connectivity index (χ2n) is 4.67. The lowest BCUT2D eigenvalue weighted by Gasteiger charge is -2.13. The van der Waals surface area contributed by atoms with Gasteiger partial charge >= 0.3 is 6.18 Å². The highest BCUT2D eigenvalue weighted by atomic mass is 19.4. The van der Waals surface area contributed by atoms with Crippen LogP contribution in [-0.4, -0.2) is 10.7 Å². The van der Waals surface area contributed by atoms with Gasteiger partial charge in [0.05, 0.1) is 17.0 Å². The van der Waals surface area contributed by atoms with Gasteiger partial charge in [-0.25, -0.2) is 0 Å². The van der Waals surface area contributed by atoms with Gasteiger partial charge in [0.15, 0.2) is 0 Å². The molecule has 0 atom stereocenters. The van der Waals surface area contributed by atoms with Crippen molar-refractivity contribution < 1.29 is 13.2 Å². The number of halogens is 3. The molecule has 1 aromatic carbocycles. The normalized spacial score (nSPS) is 17.9. The number of hydrogen-bond acceptors (Lipinski definition) is 2. The number of aromatic amines is 1. The van der Waals surface area contributed by atoms with Crippen LogP contribution in [-0.2, 0) is 12.6 Å². The second-order valence-corrected chi connectivity index (χ2v) is 4.67. The molecule has 0 unspecified atom stereocenters. The molecule has 0 bridgehead atoms. The molecule has 0 amide bonds. The maximum Gasteiger partial charge on any atom is 0.416 e. The molecule has 19 heavy (non-hydrogen) atoms. The Morgan fingerprint density at radius 2 is 2.00 bits per heavy atom. The van der Waals surface area contributed by atoms with E-state index in [-0.39, 0.29) is 0 Å². The van der Waals surface area contributed by atoms with Gasteiger partial charge in [0.25, 0.3) is 0 Å². The molecular weight excluding hydrogens is 255 g/mol. The van der Waals surface area contributed by atoms with Crippen LogP contribution < -0.4 is 5.84 Å². The molecule has 0 spiro atoms. The maximum atomic E-state index is 12.7. The minimum atomic E-state index is -4.32. The minimum Gasteiger partial charge on any atom is -0.353 e. The van der Waals surface area contributed by atoms with Gasteiger partial charge in [-0.2, -0.15) is 18.3 Å². The summed E-state index contributed by atoms with van der Waals surface area (Å²) >= 11 is 0. The molecular formula is C13H12F3N3. The van der Waals surface area contributed by atoms with Gasteiger partial charge in [-0.15, -0.1) is 0 Å². The number of nitrogens with two attached hydrogens (primary N) is 1. The molecule has 3 rings (SSSR count). The van der Waals surface area contributed by atoms with Crippen molar-refractivity contribution >= 4 is 16.6 Å². The van der Waals surface area contributed by atoms with E-state index in [1.165, 1.54) is 12.1 Å². The molecule has 0 fully saturated rings. The number of rotatable bonds is 0. The van der Waals surface area contributed by atoms with E-state index in [1.54, 1.807) is 0 Å². The Labute approximate surface area is 107 Å². The fourth-order valence-corrected chi connectivity index (χ4v) is 2.62. The van der Waals surface area contributed by atoms with Crippen molar-refractivity contribution in [1.29, 1.82) is 0 Å². The Morgan fingerprint density at radius 3 is 2.68 bits per heavy atom. The summed E-state index contributed by atoms with van der Waals surface area (Å²) < 4.78 is 38.2. The first-order valence-corrected chi connectivity index (χ1v) is 5.99. The zero-order valence-electron chi connectivity index (χ0n) is 10.0. The lowest BCUT2D eigenvalue weighted by atomic mass is 9.93. The Balaban J connectivity index is 2.24. The van der Waals surface area contributed by atoms with E-state index in [9.17, 15) is 13.2 Å². The molecule has 0 radical (unpaired) electrons. The van der Waals surface area contributed by atoms with Crippen LogP contribution in [0.15, 0.2) is 23.3 Å². The van der Waals surface area contributed by atoms with Crippen LogP contribution >= 0.6 is 0 Å². The first kappa shape index (κ1) is 12.1. The number of hydrogen-bond donors (Lipinski definition) is 2. The van der Waals surface area contributed by atoms with Crippen LogP contribution in [0.25, 0.3) is 10.9 Å². The van der Waals surface area contributed by atoms with E-state index in [1.807, 2.05) is 0 Å². The van der Waals surface area contributed by atoms with E-state index in [0.29, 0.717) is 10.9 Å². The molecule has 0 saturated heterocycles. The highest BCUT2D eigenvalue weighted by Crippen LogP contribution is 2.35. The average molecular weight is 267 g/mol. The average Bonchev–Trinajstić information content (AvgIpc) is 2.75. The molecule has 100 valence electrons. The molecule has 0 saturated carbocycles. The summed E-state index contributed by atoms with van der Waals surface area (Å²) in [5.41, 5.74) is 2.46. The van der Waals surface area contributed by atoms with Crippen LogP contribution in [0.3, 0.4) is 0 Å². The fraction of sp³-hybridized carbons (Fsp3) is 0.308. The van der Waals surface area contributed by atoms with Gasteiger partial charge in [0, 0.05) is 10.9 Å². The predicted molar refractivity (Wildman–Crippen MR) is 67.0 cm³/mol. The number of aryl methyl sites for hydroxylation is 1. The number of fused-ring (bicyclic) bond motifs is 3. The summed E-state index contributed by atoms with van der Waals surface area (Å²) in [6.45, 7) is 0. The van der Waals surface area contributed by atoms with Gasteiger partial charge in [0.2, 0.25) is 0 Å². The highest BCUT2D eigenvalue weighted by Gasteiger charge is 2.31.